The van der Waals surface area contributed by atoms with Crippen molar-refractivity contribution in [1.29, 1.82) is 0 Å². The predicted molar refractivity (Wildman–Crippen MR) is 118 cm³/mol. The second-order valence-corrected chi connectivity index (χ2v) is 8.27. The number of aryl methyl sites for hydroxylation is 1. The molecular formula is C23H25N3O3S. The summed E-state index contributed by atoms with van der Waals surface area (Å²) in [6, 6.07) is 13.1. The van der Waals surface area contributed by atoms with E-state index in [1.165, 1.54) is 30.0 Å². The van der Waals surface area contributed by atoms with Crippen LogP contribution in [0.2, 0.25) is 0 Å². The summed E-state index contributed by atoms with van der Waals surface area (Å²) in [6.07, 6.45) is 3.66. The summed E-state index contributed by atoms with van der Waals surface area (Å²) in [5, 5.41) is 3.40. The molecule has 0 saturated carbocycles. The van der Waals surface area contributed by atoms with Gasteiger partial charge in [0, 0.05) is 18.9 Å². The zero-order chi connectivity index (χ0) is 21.7. The van der Waals surface area contributed by atoms with Crippen LogP contribution in [0, 0.1) is 13.8 Å². The van der Waals surface area contributed by atoms with E-state index >= 15 is 0 Å². The Morgan fingerprint density at radius 3 is 2.60 bits per heavy atom. The summed E-state index contributed by atoms with van der Waals surface area (Å²) in [5.74, 6) is -0.456. The summed E-state index contributed by atoms with van der Waals surface area (Å²) in [5.41, 5.74) is 4.85. The van der Waals surface area contributed by atoms with E-state index in [-0.39, 0.29) is 17.1 Å². The van der Waals surface area contributed by atoms with Gasteiger partial charge in [0.05, 0.1) is 23.6 Å². The first-order valence-electron chi connectivity index (χ1n) is 9.62. The van der Waals surface area contributed by atoms with Crippen LogP contribution in [0.3, 0.4) is 0 Å². The number of methoxy groups -OCH3 is 1. The third-order valence-electron chi connectivity index (χ3n) is 4.94. The lowest BCUT2D eigenvalue weighted by atomic mass is 10.1. The number of imidazole rings is 1. The Kier molecular flexibility index (Phi) is 6.95. The van der Waals surface area contributed by atoms with E-state index in [1.54, 1.807) is 30.5 Å². The number of benzene rings is 2. The molecule has 0 bridgehead atoms. The molecule has 1 heterocycles. The molecule has 1 N–H and O–H groups in total. The molecule has 156 valence electrons. The average Bonchev–Trinajstić information content (AvgIpc) is 3.21. The quantitative estimate of drug-likeness (QED) is 0.458. The molecule has 2 aromatic carbocycles. The number of aromatic nitrogens is 2. The highest BCUT2D eigenvalue weighted by Crippen LogP contribution is 2.27. The van der Waals surface area contributed by atoms with Crippen LogP contribution in [0.15, 0.2) is 60.0 Å². The molecule has 30 heavy (non-hydrogen) atoms. The van der Waals surface area contributed by atoms with Crippen LogP contribution in [0.25, 0.3) is 5.69 Å². The van der Waals surface area contributed by atoms with Crippen LogP contribution in [-0.4, -0.2) is 33.8 Å². The molecule has 0 spiro atoms. The van der Waals surface area contributed by atoms with Gasteiger partial charge in [0.1, 0.15) is 0 Å². The number of thioether (sulfide) groups is 1. The number of rotatable bonds is 7. The first kappa shape index (κ1) is 21.6. The fraction of sp³-hybridized carbons (Fsp3) is 0.261. The molecular weight excluding hydrogens is 398 g/mol. The standard InChI is InChI=1S/C23H25N3O3S/c1-15-6-5-7-20(16(15)2)26-13-12-24-23(26)30-17(3)21(27)25-14-18-8-10-19(11-9-18)22(28)29-4/h5-13,17H,14H2,1-4H3,(H,25,27). The highest BCUT2D eigenvalue weighted by atomic mass is 32.2. The highest BCUT2D eigenvalue weighted by Gasteiger charge is 2.18. The predicted octanol–water partition coefficient (Wildman–Crippen LogP) is 4.07. The fourth-order valence-corrected chi connectivity index (χ4v) is 3.88. The number of ether oxygens (including phenoxy) is 1. The molecule has 0 fully saturated rings. The third kappa shape index (κ3) is 4.91. The van der Waals surface area contributed by atoms with Crippen LogP contribution in [0.4, 0.5) is 0 Å². The molecule has 6 nitrogen and oxygen atoms in total. The lowest BCUT2D eigenvalue weighted by Crippen LogP contribution is -2.30. The van der Waals surface area contributed by atoms with Gasteiger partial charge in [-0.3, -0.25) is 9.36 Å². The first-order valence-corrected chi connectivity index (χ1v) is 10.5. The summed E-state index contributed by atoms with van der Waals surface area (Å²) in [7, 11) is 1.35. The van der Waals surface area contributed by atoms with Crippen LogP contribution in [-0.2, 0) is 16.1 Å². The lowest BCUT2D eigenvalue weighted by Gasteiger charge is -2.15. The van der Waals surface area contributed by atoms with Gasteiger partial charge < -0.3 is 10.1 Å². The molecule has 1 unspecified atom stereocenters. The molecule has 1 amide bonds. The maximum atomic E-state index is 12.6. The first-order chi connectivity index (χ1) is 14.4. The smallest absolute Gasteiger partial charge is 0.337 e. The Balaban J connectivity index is 1.62. The van der Waals surface area contributed by atoms with Crippen molar-refractivity contribution in [2.24, 2.45) is 0 Å². The maximum absolute atomic E-state index is 12.6. The third-order valence-corrected chi connectivity index (χ3v) is 6.02. The lowest BCUT2D eigenvalue weighted by molar-refractivity contribution is -0.120. The van der Waals surface area contributed by atoms with Gasteiger partial charge in [0.25, 0.3) is 0 Å². The van der Waals surface area contributed by atoms with E-state index in [0.29, 0.717) is 12.1 Å². The minimum atomic E-state index is -0.380. The van der Waals surface area contributed by atoms with E-state index in [1.807, 2.05) is 23.8 Å². The maximum Gasteiger partial charge on any atom is 0.337 e. The summed E-state index contributed by atoms with van der Waals surface area (Å²) in [4.78, 5) is 28.5. The molecule has 0 aliphatic carbocycles. The van der Waals surface area contributed by atoms with Crippen molar-refractivity contribution in [2.45, 2.75) is 37.7 Å². The summed E-state index contributed by atoms with van der Waals surface area (Å²) < 4.78 is 6.71. The number of hydrogen-bond acceptors (Lipinski definition) is 5. The Labute approximate surface area is 180 Å². The van der Waals surface area contributed by atoms with Gasteiger partial charge in [-0.2, -0.15) is 0 Å². The topological polar surface area (TPSA) is 73.2 Å². The Bertz CT molecular complexity index is 1040. The Hall–Kier alpha value is -3.06. The Morgan fingerprint density at radius 2 is 1.90 bits per heavy atom. The average molecular weight is 424 g/mol. The normalized spacial score (nSPS) is 11.7. The molecule has 3 aromatic rings. The van der Waals surface area contributed by atoms with Crippen LogP contribution in [0.1, 0.15) is 34.0 Å². The van der Waals surface area contributed by atoms with Gasteiger partial charge in [-0.15, -0.1) is 0 Å². The van der Waals surface area contributed by atoms with Crippen molar-refractivity contribution < 1.29 is 14.3 Å². The van der Waals surface area contributed by atoms with Crippen molar-refractivity contribution in [2.75, 3.05) is 7.11 Å². The van der Waals surface area contributed by atoms with E-state index in [4.69, 9.17) is 4.74 Å². The van der Waals surface area contributed by atoms with E-state index in [0.717, 1.165) is 16.4 Å². The van der Waals surface area contributed by atoms with Crippen LogP contribution < -0.4 is 5.32 Å². The fourth-order valence-electron chi connectivity index (χ4n) is 2.98. The second-order valence-electron chi connectivity index (χ2n) is 6.97. The van der Waals surface area contributed by atoms with Crippen molar-refractivity contribution in [3.05, 3.63) is 77.1 Å². The van der Waals surface area contributed by atoms with Gasteiger partial charge >= 0.3 is 5.97 Å². The number of esters is 1. The van der Waals surface area contributed by atoms with Gasteiger partial charge in [-0.25, -0.2) is 9.78 Å². The zero-order valence-electron chi connectivity index (χ0n) is 17.5. The monoisotopic (exact) mass is 423 g/mol. The SMILES string of the molecule is COC(=O)c1ccc(CNC(=O)C(C)Sc2nccn2-c2cccc(C)c2C)cc1. The summed E-state index contributed by atoms with van der Waals surface area (Å²) >= 11 is 1.42. The number of nitrogens with one attached hydrogen (secondary N) is 1. The second kappa shape index (κ2) is 9.63. The van der Waals surface area contributed by atoms with Crippen molar-refractivity contribution in [3.63, 3.8) is 0 Å². The Morgan fingerprint density at radius 1 is 1.17 bits per heavy atom. The molecule has 1 aromatic heterocycles. The summed E-state index contributed by atoms with van der Waals surface area (Å²) in [6.45, 7) is 6.41. The van der Waals surface area contributed by atoms with E-state index < -0.39 is 0 Å². The molecule has 3 rings (SSSR count). The molecule has 0 radical (unpaired) electrons. The highest BCUT2D eigenvalue weighted by molar-refractivity contribution is 8.00. The number of amides is 1. The largest absolute Gasteiger partial charge is 0.465 e. The minimum Gasteiger partial charge on any atom is -0.465 e. The van der Waals surface area contributed by atoms with E-state index in [9.17, 15) is 9.59 Å². The zero-order valence-corrected chi connectivity index (χ0v) is 18.3. The number of hydrogen-bond donors (Lipinski definition) is 1. The molecule has 0 saturated heterocycles. The van der Waals surface area contributed by atoms with Gasteiger partial charge in [0.2, 0.25) is 5.91 Å². The van der Waals surface area contributed by atoms with Gasteiger partial charge in [0.15, 0.2) is 5.16 Å². The number of nitrogens with zero attached hydrogens (tertiary/aromatic N) is 2. The molecule has 0 aliphatic heterocycles. The van der Waals surface area contributed by atoms with Crippen LogP contribution in [0.5, 0.6) is 0 Å². The number of carbonyl (C=O) groups is 2. The van der Waals surface area contributed by atoms with Crippen molar-refractivity contribution in [1.82, 2.24) is 14.9 Å². The van der Waals surface area contributed by atoms with Crippen molar-refractivity contribution in [3.8, 4) is 5.69 Å². The van der Waals surface area contributed by atoms with Crippen molar-refractivity contribution >= 4 is 23.6 Å². The molecule has 0 aliphatic rings. The van der Waals surface area contributed by atoms with Crippen LogP contribution >= 0.6 is 11.8 Å². The molecule has 7 heteroatoms. The van der Waals surface area contributed by atoms with Gasteiger partial charge in [-0.05, 0) is 55.7 Å². The molecule has 1 atom stereocenters. The minimum absolute atomic E-state index is 0.0763. The number of carbonyl (C=O) groups excluding carboxylic acids is 2. The van der Waals surface area contributed by atoms with E-state index in [2.05, 4.69) is 36.3 Å². The van der Waals surface area contributed by atoms with Gasteiger partial charge in [-0.1, -0.05) is 36.0 Å².